The van der Waals surface area contributed by atoms with Crippen LogP contribution in [0.4, 0.5) is 4.79 Å². The van der Waals surface area contributed by atoms with Crippen molar-refractivity contribution in [1.82, 2.24) is 20.1 Å². The molecule has 2 amide bonds. The first-order valence-electron chi connectivity index (χ1n) is 10.6. The van der Waals surface area contributed by atoms with Gasteiger partial charge in [0.2, 0.25) is 0 Å². The number of aromatic nitrogens is 1. The van der Waals surface area contributed by atoms with Crippen LogP contribution in [0, 0.1) is 0 Å². The molecule has 1 atom stereocenters. The molecule has 1 aliphatic rings. The Kier molecular flexibility index (Phi) is 8.49. The highest BCUT2D eigenvalue weighted by molar-refractivity contribution is 5.74. The zero-order valence-corrected chi connectivity index (χ0v) is 18.5. The second-order valence-corrected chi connectivity index (χ2v) is 7.46. The van der Waals surface area contributed by atoms with Crippen molar-refractivity contribution in [3.63, 3.8) is 0 Å². The first-order valence-corrected chi connectivity index (χ1v) is 10.6. The molecule has 0 spiro atoms. The third-order valence-corrected chi connectivity index (χ3v) is 5.55. The molecule has 1 aliphatic heterocycles. The molecule has 168 valence electrons. The molecule has 0 radical (unpaired) electrons. The summed E-state index contributed by atoms with van der Waals surface area (Å²) in [5.41, 5.74) is 1.94. The van der Waals surface area contributed by atoms with Crippen molar-refractivity contribution in [2.24, 2.45) is 0 Å². The fourth-order valence-electron chi connectivity index (χ4n) is 3.62. The Balaban J connectivity index is 1.73. The maximum atomic E-state index is 13.2. The van der Waals surface area contributed by atoms with Crippen molar-refractivity contribution in [3.8, 4) is 11.5 Å². The maximum absolute atomic E-state index is 13.2. The van der Waals surface area contributed by atoms with Gasteiger partial charge >= 0.3 is 6.03 Å². The van der Waals surface area contributed by atoms with Crippen molar-refractivity contribution < 1.29 is 19.0 Å². The minimum Gasteiger partial charge on any atom is -0.493 e. The van der Waals surface area contributed by atoms with Crippen LogP contribution in [0.5, 0.6) is 11.5 Å². The minimum atomic E-state index is -0.144. The first kappa shape index (κ1) is 22.8. The van der Waals surface area contributed by atoms with Crippen molar-refractivity contribution >= 4 is 6.03 Å². The summed E-state index contributed by atoms with van der Waals surface area (Å²) in [5, 5.41) is 3.04. The number of nitrogens with zero attached hydrogens (tertiary/aromatic N) is 3. The molecule has 8 nitrogen and oxygen atoms in total. The Hall–Kier alpha value is -2.84. The van der Waals surface area contributed by atoms with Gasteiger partial charge in [0.15, 0.2) is 11.5 Å². The number of methoxy groups -OCH3 is 2. The number of carbonyl (C=O) groups excluding carboxylic acids is 1. The number of hydrogen-bond donors (Lipinski definition) is 1. The average molecular weight is 429 g/mol. The third kappa shape index (κ3) is 6.32. The maximum Gasteiger partial charge on any atom is 0.318 e. The Morgan fingerprint density at radius 2 is 2.00 bits per heavy atom. The van der Waals surface area contributed by atoms with E-state index in [9.17, 15) is 4.79 Å². The number of morpholine rings is 1. The normalized spacial score (nSPS) is 15.2. The van der Waals surface area contributed by atoms with Crippen LogP contribution in [0.2, 0.25) is 0 Å². The summed E-state index contributed by atoms with van der Waals surface area (Å²) in [6, 6.07) is 9.34. The molecule has 0 bridgehead atoms. The van der Waals surface area contributed by atoms with Gasteiger partial charge in [0.25, 0.3) is 0 Å². The smallest absolute Gasteiger partial charge is 0.318 e. The average Bonchev–Trinajstić information content (AvgIpc) is 2.83. The van der Waals surface area contributed by atoms with Crippen molar-refractivity contribution in [3.05, 3.63) is 53.9 Å². The molecule has 2 heterocycles. The number of pyridine rings is 1. The highest BCUT2D eigenvalue weighted by atomic mass is 16.5. The molecular formula is C23H32N4O4. The van der Waals surface area contributed by atoms with E-state index in [0.29, 0.717) is 24.6 Å². The van der Waals surface area contributed by atoms with Crippen LogP contribution in [0.15, 0.2) is 42.7 Å². The number of rotatable bonds is 9. The fraction of sp³-hybridized carbons (Fsp3) is 0.478. The summed E-state index contributed by atoms with van der Waals surface area (Å²) in [7, 11) is 3.23. The van der Waals surface area contributed by atoms with E-state index in [4.69, 9.17) is 14.2 Å². The molecule has 2 aromatic rings. The molecule has 3 rings (SSSR count). The van der Waals surface area contributed by atoms with E-state index in [-0.39, 0.29) is 12.1 Å². The lowest BCUT2D eigenvalue weighted by Gasteiger charge is -2.33. The van der Waals surface area contributed by atoms with Crippen molar-refractivity contribution in [2.75, 3.05) is 53.6 Å². The number of carbonyl (C=O) groups is 1. The largest absolute Gasteiger partial charge is 0.493 e. The molecule has 0 aliphatic carbocycles. The van der Waals surface area contributed by atoms with Gasteiger partial charge in [-0.1, -0.05) is 12.1 Å². The van der Waals surface area contributed by atoms with Crippen LogP contribution < -0.4 is 14.8 Å². The summed E-state index contributed by atoms with van der Waals surface area (Å²) in [6.45, 7) is 7.10. The van der Waals surface area contributed by atoms with Crippen LogP contribution in [-0.2, 0) is 11.3 Å². The quantitative estimate of drug-likeness (QED) is 0.662. The van der Waals surface area contributed by atoms with E-state index in [1.807, 2.05) is 42.2 Å². The number of ether oxygens (including phenoxy) is 3. The number of nitrogens with one attached hydrogen (secondary N) is 1. The van der Waals surface area contributed by atoms with Crippen LogP contribution in [0.25, 0.3) is 0 Å². The number of amides is 2. The zero-order valence-electron chi connectivity index (χ0n) is 18.5. The van der Waals surface area contributed by atoms with Crippen molar-refractivity contribution in [1.29, 1.82) is 0 Å². The van der Waals surface area contributed by atoms with Gasteiger partial charge in [0.1, 0.15) is 0 Å². The van der Waals surface area contributed by atoms with Crippen LogP contribution >= 0.6 is 0 Å². The summed E-state index contributed by atoms with van der Waals surface area (Å²) in [4.78, 5) is 21.5. The van der Waals surface area contributed by atoms with E-state index >= 15 is 0 Å². The van der Waals surface area contributed by atoms with Gasteiger partial charge in [-0.2, -0.15) is 0 Å². The Bertz CT molecular complexity index is 828. The Labute approximate surface area is 184 Å². The monoisotopic (exact) mass is 428 g/mol. The van der Waals surface area contributed by atoms with Gasteiger partial charge in [0, 0.05) is 45.1 Å². The SMILES string of the molecule is COc1ccc(C(C)N(CCN2CCOCC2)C(=O)NCc2cccnc2)cc1OC. The highest BCUT2D eigenvalue weighted by Gasteiger charge is 2.24. The molecule has 1 unspecified atom stereocenters. The summed E-state index contributed by atoms with van der Waals surface area (Å²) < 4.78 is 16.2. The highest BCUT2D eigenvalue weighted by Crippen LogP contribution is 2.31. The lowest BCUT2D eigenvalue weighted by Crippen LogP contribution is -2.46. The summed E-state index contributed by atoms with van der Waals surface area (Å²) in [6.07, 6.45) is 3.48. The summed E-state index contributed by atoms with van der Waals surface area (Å²) >= 11 is 0. The number of hydrogen-bond acceptors (Lipinski definition) is 6. The van der Waals surface area contributed by atoms with Crippen molar-refractivity contribution in [2.45, 2.75) is 19.5 Å². The Morgan fingerprint density at radius 1 is 1.23 bits per heavy atom. The Morgan fingerprint density at radius 3 is 2.68 bits per heavy atom. The molecule has 31 heavy (non-hydrogen) atoms. The van der Waals surface area contributed by atoms with Gasteiger partial charge in [-0.3, -0.25) is 9.88 Å². The first-order chi connectivity index (χ1) is 15.1. The molecule has 1 aromatic carbocycles. The van der Waals surface area contributed by atoms with E-state index in [0.717, 1.165) is 44.0 Å². The van der Waals surface area contributed by atoms with Crippen LogP contribution in [0.3, 0.4) is 0 Å². The molecule has 1 fully saturated rings. The molecule has 0 saturated carbocycles. The lowest BCUT2D eigenvalue weighted by atomic mass is 10.1. The van der Waals surface area contributed by atoms with Crippen LogP contribution in [-0.4, -0.2) is 74.4 Å². The second-order valence-electron chi connectivity index (χ2n) is 7.46. The van der Waals surface area contributed by atoms with Crippen LogP contribution in [0.1, 0.15) is 24.1 Å². The molecule has 8 heteroatoms. The molecule has 1 aromatic heterocycles. The van der Waals surface area contributed by atoms with Gasteiger partial charge < -0.3 is 24.4 Å². The zero-order chi connectivity index (χ0) is 22.1. The second kappa shape index (κ2) is 11.5. The van der Waals surface area contributed by atoms with Gasteiger partial charge in [0.05, 0.1) is 33.5 Å². The number of urea groups is 1. The predicted octanol–water partition coefficient (Wildman–Crippen LogP) is 2.70. The molecule has 1 saturated heterocycles. The van der Waals surface area contributed by atoms with Gasteiger partial charge in [-0.25, -0.2) is 4.79 Å². The van der Waals surface area contributed by atoms with Gasteiger partial charge in [-0.05, 0) is 36.2 Å². The predicted molar refractivity (Wildman–Crippen MR) is 118 cm³/mol. The topological polar surface area (TPSA) is 76.2 Å². The molecule has 1 N–H and O–H groups in total. The van der Waals surface area contributed by atoms with E-state index in [1.54, 1.807) is 26.6 Å². The van der Waals surface area contributed by atoms with E-state index < -0.39 is 0 Å². The fourth-order valence-corrected chi connectivity index (χ4v) is 3.62. The lowest BCUT2D eigenvalue weighted by molar-refractivity contribution is 0.0335. The van der Waals surface area contributed by atoms with Gasteiger partial charge in [-0.15, -0.1) is 0 Å². The minimum absolute atomic E-state index is 0.112. The third-order valence-electron chi connectivity index (χ3n) is 5.55. The molecular weight excluding hydrogens is 396 g/mol. The standard InChI is InChI=1S/C23H32N4O4/c1-18(20-6-7-21(29-2)22(15-20)30-3)27(10-9-26-11-13-31-14-12-26)23(28)25-17-19-5-4-8-24-16-19/h4-8,15-16,18H,9-14,17H2,1-3H3,(H,25,28). The summed E-state index contributed by atoms with van der Waals surface area (Å²) in [5.74, 6) is 1.31. The number of benzene rings is 1. The van der Waals surface area contributed by atoms with E-state index in [2.05, 4.69) is 15.2 Å². The van der Waals surface area contributed by atoms with E-state index in [1.165, 1.54) is 0 Å².